The molecule has 0 unspecified atom stereocenters. The average molecular weight is 409 g/mol. The van der Waals surface area contributed by atoms with Crippen molar-refractivity contribution in [3.8, 4) is 0 Å². The highest BCUT2D eigenvalue weighted by molar-refractivity contribution is 6.00. The third kappa shape index (κ3) is 4.70. The van der Waals surface area contributed by atoms with Crippen LogP contribution >= 0.6 is 0 Å². The number of esters is 2. The largest absolute Gasteiger partial charge is 0.465 e. The summed E-state index contributed by atoms with van der Waals surface area (Å²) in [5.41, 5.74) is 3.20. The van der Waals surface area contributed by atoms with Crippen LogP contribution < -0.4 is 4.90 Å². The van der Waals surface area contributed by atoms with Gasteiger partial charge in [-0.15, -0.1) is 0 Å². The molecule has 0 spiro atoms. The first kappa shape index (κ1) is 21.6. The lowest BCUT2D eigenvalue weighted by molar-refractivity contribution is -0.149. The maximum atomic E-state index is 12.6. The van der Waals surface area contributed by atoms with Crippen molar-refractivity contribution in [1.29, 1.82) is 0 Å². The van der Waals surface area contributed by atoms with Crippen molar-refractivity contribution >= 4 is 23.5 Å². The average Bonchev–Trinajstić information content (AvgIpc) is 3.18. The normalized spacial score (nSPS) is 17.0. The molecule has 0 radical (unpaired) electrons. The molecule has 2 aromatic carbocycles. The number of nitrogens with zero attached hydrogens (tertiary/aromatic N) is 1. The van der Waals surface area contributed by atoms with Crippen molar-refractivity contribution in [2.45, 2.75) is 39.2 Å². The Kier molecular flexibility index (Phi) is 6.87. The second-order valence-corrected chi connectivity index (χ2v) is 7.57. The van der Waals surface area contributed by atoms with E-state index in [0.717, 1.165) is 23.2 Å². The number of para-hydroxylation sites is 1. The van der Waals surface area contributed by atoms with Crippen LogP contribution in [0.4, 0.5) is 5.69 Å². The van der Waals surface area contributed by atoms with E-state index in [1.54, 1.807) is 29.2 Å². The summed E-state index contributed by atoms with van der Waals surface area (Å²) in [4.78, 5) is 38.4. The first-order valence-electron chi connectivity index (χ1n) is 10.2. The summed E-state index contributed by atoms with van der Waals surface area (Å²) in [7, 11) is 1.32. The molecule has 30 heavy (non-hydrogen) atoms. The summed E-state index contributed by atoms with van der Waals surface area (Å²) in [5.74, 6) is -1.02. The van der Waals surface area contributed by atoms with E-state index in [0.29, 0.717) is 18.0 Å². The summed E-state index contributed by atoms with van der Waals surface area (Å²) in [6, 6.07) is 14.6. The second-order valence-electron chi connectivity index (χ2n) is 7.57. The SMILES string of the molecule is CC[C@H](C)c1ccccc1N1C[C@H](C(=O)OCc2ccc(C(=O)OC)cc2)CC1=O. The highest BCUT2D eigenvalue weighted by Crippen LogP contribution is 2.33. The summed E-state index contributed by atoms with van der Waals surface area (Å²) in [6.07, 6.45) is 1.12. The van der Waals surface area contributed by atoms with Crippen molar-refractivity contribution in [3.63, 3.8) is 0 Å². The van der Waals surface area contributed by atoms with Crippen LogP contribution in [0.5, 0.6) is 0 Å². The quantitative estimate of drug-likeness (QED) is 0.644. The minimum absolute atomic E-state index is 0.0601. The Labute approximate surface area is 176 Å². The zero-order chi connectivity index (χ0) is 21.7. The minimum atomic E-state index is -0.489. The number of hydrogen-bond acceptors (Lipinski definition) is 5. The van der Waals surface area contributed by atoms with Gasteiger partial charge in [0.2, 0.25) is 5.91 Å². The molecule has 1 heterocycles. The van der Waals surface area contributed by atoms with E-state index >= 15 is 0 Å². The van der Waals surface area contributed by atoms with Gasteiger partial charge in [-0.25, -0.2) is 4.79 Å². The van der Waals surface area contributed by atoms with Crippen molar-refractivity contribution in [3.05, 3.63) is 65.2 Å². The number of ether oxygens (including phenoxy) is 2. The van der Waals surface area contributed by atoms with Gasteiger partial charge >= 0.3 is 11.9 Å². The molecule has 0 saturated carbocycles. The number of benzene rings is 2. The van der Waals surface area contributed by atoms with Gasteiger partial charge in [0, 0.05) is 18.7 Å². The molecular weight excluding hydrogens is 382 g/mol. The second kappa shape index (κ2) is 9.57. The Balaban J connectivity index is 1.62. The fourth-order valence-electron chi connectivity index (χ4n) is 3.60. The van der Waals surface area contributed by atoms with Crippen LogP contribution in [-0.2, 0) is 25.7 Å². The van der Waals surface area contributed by atoms with Gasteiger partial charge in [-0.1, -0.05) is 44.2 Å². The predicted molar refractivity (Wildman–Crippen MR) is 113 cm³/mol. The Hall–Kier alpha value is -3.15. The van der Waals surface area contributed by atoms with Crippen LogP contribution in [0.3, 0.4) is 0 Å². The van der Waals surface area contributed by atoms with Crippen molar-refractivity contribution < 1.29 is 23.9 Å². The maximum absolute atomic E-state index is 12.6. The van der Waals surface area contributed by atoms with Gasteiger partial charge in [-0.2, -0.15) is 0 Å². The van der Waals surface area contributed by atoms with Crippen LogP contribution in [0.25, 0.3) is 0 Å². The van der Waals surface area contributed by atoms with Crippen molar-refractivity contribution in [2.75, 3.05) is 18.6 Å². The molecule has 0 N–H and O–H groups in total. The predicted octanol–water partition coefficient (Wildman–Crippen LogP) is 4.08. The molecule has 1 amide bonds. The number of methoxy groups -OCH3 is 1. The molecular formula is C24H27NO5. The van der Waals surface area contributed by atoms with Gasteiger partial charge in [0.05, 0.1) is 18.6 Å². The number of hydrogen-bond donors (Lipinski definition) is 0. The van der Waals surface area contributed by atoms with Gasteiger partial charge in [-0.3, -0.25) is 9.59 Å². The van der Waals surface area contributed by atoms with Crippen molar-refractivity contribution in [1.82, 2.24) is 0 Å². The molecule has 1 aliphatic heterocycles. The van der Waals surface area contributed by atoms with Crippen LogP contribution in [0, 0.1) is 5.92 Å². The Morgan fingerprint density at radius 1 is 1.13 bits per heavy atom. The topological polar surface area (TPSA) is 72.9 Å². The zero-order valence-corrected chi connectivity index (χ0v) is 17.6. The molecule has 1 aliphatic rings. The molecule has 0 aliphatic carbocycles. The molecule has 1 saturated heterocycles. The maximum Gasteiger partial charge on any atom is 0.337 e. The van der Waals surface area contributed by atoms with Gasteiger partial charge in [0.25, 0.3) is 0 Å². The molecule has 2 aromatic rings. The molecule has 6 nitrogen and oxygen atoms in total. The molecule has 0 aromatic heterocycles. The molecule has 1 fully saturated rings. The van der Waals surface area contributed by atoms with E-state index in [1.807, 2.05) is 24.3 Å². The third-order valence-corrected chi connectivity index (χ3v) is 5.59. The summed E-state index contributed by atoms with van der Waals surface area (Å²) < 4.78 is 10.1. The number of carbonyl (C=O) groups is 3. The number of amides is 1. The fraction of sp³-hybridized carbons (Fsp3) is 0.375. The van der Waals surface area contributed by atoms with Gasteiger partial charge < -0.3 is 14.4 Å². The van der Waals surface area contributed by atoms with Crippen LogP contribution in [0.15, 0.2) is 48.5 Å². The molecule has 3 rings (SSSR count). The third-order valence-electron chi connectivity index (χ3n) is 5.59. The number of anilines is 1. The first-order valence-corrected chi connectivity index (χ1v) is 10.2. The smallest absolute Gasteiger partial charge is 0.337 e. The fourth-order valence-corrected chi connectivity index (χ4v) is 3.60. The molecule has 2 atom stereocenters. The monoisotopic (exact) mass is 409 g/mol. The van der Waals surface area contributed by atoms with E-state index in [1.165, 1.54) is 7.11 Å². The van der Waals surface area contributed by atoms with Crippen LogP contribution in [0.1, 0.15) is 54.1 Å². The molecule has 6 heteroatoms. The van der Waals surface area contributed by atoms with E-state index in [-0.39, 0.29) is 24.9 Å². The highest BCUT2D eigenvalue weighted by Gasteiger charge is 2.37. The number of rotatable bonds is 7. The minimum Gasteiger partial charge on any atom is -0.465 e. The van der Waals surface area contributed by atoms with E-state index in [2.05, 4.69) is 18.6 Å². The molecule has 0 bridgehead atoms. The lowest BCUT2D eigenvalue weighted by Gasteiger charge is -2.23. The van der Waals surface area contributed by atoms with Gasteiger partial charge in [0.1, 0.15) is 6.61 Å². The summed E-state index contributed by atoms with van der Waals surface area (Å²) in [5, 5.41) is 0. The van der Waals surface area contributed by atoms with E-state index in [9.17, 15) is 14.4 Å². The van der Waals surface area contributed by atoms with E-state index < -0.39 is 11.9 Å². The van der Waals surface area contributed by atoms with Gasteiger partial charge in [0.15, 0.2) is 0 Å². The Bertz CT molecular complexity index is 921. The molecule has 158 valence electrons. The van der Waals surface area contributed by atoms with Gasteiger partial charge in [-0.05, 0) is 41.7 Å². The Morgan fingerprint density at radius 3 is 2.50 bits per heavy atom. The number of carbonyl (C=O) groups excluding carboxylic acids is 3. The van der Waals surface area contributed by atoms with Crippen LogP contribution in [-0.4, -0.2) is 31.5 Å². The standard InChI is InChI=1S/C24H27NO5/c1-4-16(2)20-7-5-6-8-21(20)25-14-19(13-22(25)26)24(28)30-15-17-9-11-18(12-10-17)23(27)29-3/h5-12,16,19H,4,13-15H2,1-3H3/t16-,19+/m0/s1. The zero-order valence-electron chi connectivity index (χ0n) is 17.6. The van der Waals surface area contributed by atoms with Crippen molar-refractivity contribution in [2.24, 2.45) is 5.92 Å². The van der Waals surface area contributed by atoms with Crippen LogP contribution in [0.2, 0.25) is 0 Å². The first-order chi connectivity index (χ1) is 14.4. The lowest BCUT2D eigenvalue weighted by atomic mass is 9.96. The highest BCUT2D eigenvalue weighted by atomic mass is 16.5. The van der Waals surface area contributed by atoms with E-state index in [4.69, 9.17) is 4.74 Å². The summed E-state index contributed by atoms with van der Waals surface area (Å²) >= 11 is 0. The summed E-state index contributed by atoms with van der Waals surface area (Å²) in [6.45, 7) is 4.67. The lowest BCUT2D eigenvalue weighted by Crippen LogP contribution is -2.27. The Morgan fingerprint density at radius 2 is 1.83 bits per heavy atom.